The molecule has 0 aliphatic rings. The van der Waals surface area contributed by atoms with Crippen LogP contribution in [0.15, 0.2) is 0 Å². The van der Waals surface area contributed by atoms with E-state index in [2.05, 4.69) is 5.32 Å². The SMILES string of the molecule is CC[C@@H](C)[C@H](N)C(=O)N[C@H](C(=O)O)[C@@H](C)CC. The third kappa shape index (κ3) is 4.73. The van der Waals surface area contributed by atoms with Gasteiger partial charge in [0.1, 0.15) is 6.04 Å². The molecule has 0 aliphatic heterocycles. The van der Waals surface area contributed by atoms with E-state index in [1.165, 1.54) is 0 Å². The van der Waals surface area contributed by atoms with Gasteiger partial charge in [0.2, 0.25) is 5.91 Å². The van der Waals surface area contributed by atoms with Crippen LogP contribution in [-0.4, -0.2) is 29.1 Å². The minimum atomic E-state index is -1.01. The summed E-state index contributed by atoms with van der Waals surface area (Å²) in [6, 6.07) is -1.51. The number of rotatable bonds is 7. The fraction of sp³-hybridized carbons (Fsp3) is 0.833. The molecule has 0 bridgehead atoms. The molecular weight excluding hydrogens is 220 g/mol. The normalized spacial score (nSPS) is 17.9. The third-order valence-electron chi connectivity index (χ3n) is 3.34. The molecule has 0 spiro atoms. The van der Waals surface area contributed by atoms with Gasteiger partial charge in [-0.05, 0) is 11.8 Å². The van der Waals surface area contributed by atoms with Gasteiger partial charge in [0.15, 0.2) is 0 Å². The molecule has 100 valence electrons. The van der Waals surface area contributed by atoms with Crippen molar-refractivity contribution in [1.82, 2.24) is 5.32 Å². The summed E-state index contributed by atoms with van der Waals surface area (Å²) in [5.41, 5.74) is 5.76. The first-order valence-corrected chi connectivity index (χ1v) is 6.13. The maximum absolute atomic E-state index is 11.8. The van der Waals surface area contributed by atoms with Gasteiger partial charge in [0.05, 0.1) is 6.04 Å². The summed E-state index contributed by atoms with van der Waals surface area (Å²) < 4.78 is 0. The predicted molar refractivity (Wildman–Crippen MR) is 66.5 cm³/mol. The second kappa shape index (κ2) is 7.27. The van der Waals surface area contributed by atoms with Gasteiger partial charge in [-0.25, -0.2) is 4.79 Å². The van der Waals surface area contributed by atoms with Crippen molar-refractivity contribution in [1.29, 1.82) is 0 Å². The van der Waals surface area contributed by atoms with Crippen molar-refractivity contribution in [2.45, 2.75) is 52.6 Å². The molecule has 5 heteroatoms. The Morgan fingerprint density at radius 3 is 2.00 bits per heavy atom. The van der Waals surface area contributed by atoms with Gasteiger partial charge in [-0.3, -0.25) is 4.79 Å². The molecule has 4 N–H and O–H groups in total. The lowest BCUT2D eigenvalue weighted by atomic mass is 9.96. The zero-order chi connectivity index (χ0) is 13.6. The number of amides is 1. The molecule has 0 radical (unpaired) electrons. The molecule has 0 saturated heterocycles. The number of carboxylic acid groups (broad SMARTS) is 1. The average molecular weight is 244 g/mol. The summed E-state index contributed by atoms with van der Waals surface area (Å²) in [6.45, 7) is 7.51. The van der Waals surface area contributed by atoms with Gasteiger partial charge >= 0.3 is 5.97 Å². The number of hydrogen-bond acceptors (Lipinski definition) is 3. The lowest BCUT2D eigenvalue weighted by Crippen LogP contribution is -2.52. The largest absolute Gasteiger partial charge is 0.480 e. The number of aliphatic carboxylic acids is 1. The fourth-order valence-electron chi connectivity index (χ4n) is 1.44. The van der Waals surface area contributed by atoms with Crippen LogP contribution < -0.4 is 11.1 Å². The van der Waals surface area contributed by atoms with Crippen molar-refractivity contribution in [2.75, 3.05) is 0 Å². The molecule has 0 fully saturated rings. The van der Waals surface area contributed by atoms with E-state index in [9.17, 15) is 9.59 Å². The first kappa shape index (κ1) is 15.9. The first-order chi connectivity index (χ1) is 7.84. The number of hydrogen-bond donors (Lipinski definition) is 3. The summed E-state index contributed by atoms with van der Waals surface area (Å²) >= 11 is 0. The van der Waals surface area contributed by atoms with Gasteiger partial charge in [-0.2, -0.15) is 0 Å². The van der Waals surface area contributed by atoms with Crippen LogP contribution in [-0.2, 0) is 9.59 Å². The number of carbonyl (C=O) groups excluding carboxylic acids is 1. The van der Waals surface area contributed by atoms with Gasteiger partial charge in [-0.1, -0.05) is 40.5 Å². The molecule has 0 aromatic heterocycles. The Labute approximate surface area is 103 Å². The molecule has 0 aliphatic carbocycles. The second-order valence-electron chi connectivity index (χ2n) is 4.62. The maximum Gasteiger partial charge on any atom is 0.326 e. The summed E-state index contributed by atoms with van der Waals surface area (Å²) in [4.78, 5) is 22.8. The van der Waals surface area contributed by atoms with Crippen molar-refractivity contribution < 1.29 is 14.7 Å². The van der Waals surface area contributed by atoms with Crippen LogP contribution in [0.4, 0.5) is 0 Å². The van der Waals surface area contributed by atoms with Crippen LogP contribution in [0.1, 0.15) is 40.5 Å². The Hall–Kier alpha value is -1.10. The summed E-state index contributed by atoms with van der Waals surface area (Å²) in [6.07, 6.45) is 1.48. The monoisotopic (exact) mass is 244 g/mol. The van der Waals surface area contributed by atoms with Crippen molar-refractivity contribution in [3.8, 4) is 0 Å². The maximum atomic E-state index is 11.8. The van der Waals surface area contributed by atoms with Gasteiger partial charge < -0.3 is 16.2 Å². The lowest BCUT2D eigenvalue weighted by Gasteiger charge is -2.24. The molecule has 17 heavy (non-hydrogen) atoms. The average Bonchev–Trinajstić information content (AvgIpc) is 2.32. The highest BCUT2D eigenvalue weighted by Gasteiger charge is 2.28. The third-order valence-corrected chi connectivity index (χ3v) is 3.34. The predicted octanol–water partition coefficient (Wildman–Crippen LogP) is 0.975. The van der Waals surface area contributed by atoms with Gasteiger partial charge in [0.25, 0.3) is 0 Å². The van der Waals surface area contributed by atoms with E-state index < -0.39 is 18.1 Å². The highest BCUT2D eigenvalue weighted by molar-refractivity contribution is 5.87. The molecule has 0 heterocycles. The van der Waals surface area contributed by atoms with Gasteiger partial charge in [0, 0.05) is 0 Å². The molecule has 0 aromatic rings. The second-order valence-corrected chi connectivity index (χ2v) is 4.62. The standard InChI is InChI=1S/C12H24N2O3/c1-5-7(3)9(13)11(15)14-10(12(16)17)8(4)6-2/h7-10H,5-6,13H2,1-4H3,(H,14,15)(H,16,17)/t7-,8+,9+,10+/m1/s1. The van der Waals surface area contributed by atoms with Crippen LogP contribution in [0, 0.1) is 11.8 Å². The Kier molecular flexibility index (Phi) is 6.80. The van der Waals surface area contributed by atoms with Crippen molar-refractivity contribution in [2.24, 2.45) is 17.6 Å². The van der Waals surface area contributed by atoms with E-state index in [0.717, 1.165) is 6.42 Å². The zero-order valence-electron chi connectivity index (χ0n) is 11.1. The van der Waals surface area contributed by atoms with E-state index in [4.69, 9.17) is 10.8 Å². The van der Waals surface area contributed by atoms with Crippen LogP contribution in [0.25, 0.3) is 0 Å². The topological polar surface area (TPSA) is 92.4 Å². The highest BCUT2D eigenvalue weighted by atomic mass is 16.4. The van der Waals surface area contributed by atoms with Crippen molar-refractivity contribution in [3.05, 3.63) is 0 Å². The molecule has 0 aromatic carbocycles. The molecule has 4 atom stereocenters. The molecule has 5 nitrogen and oxygen atoms in total. The smallest absolute Gasteiger partial charge is 0.326 e. The van der Waals surface area contributed by atoms with E-state index in [1.54, 1.807) is 6.92 Å². The van der Waals surface area contributed by atoms with Crippen LogP contribution in [0.2, 0.25) is 0 Å². The van der Waals surface area contributed by atoms with E-state index in [0.29, 0.717) is 6.42 Å². The minimum Gasteiger partial charge on any atom is -0.480 e. The number of nitrogens with two attached hydrogens (primary N) is 1. The number of carboxylic acids is 1. The Morgan fingerprint density at radius 2 is 1.65 bits per heavy atom. The molecule has 0 rings (SSSR count). The number of nitrogens with one attached hydrogen (secondary N) is 1. The minimum absolute atomic E-state index is 0.0429. The quantitative estimate of drug-likeness (QED) is 0.622. The van der Waals surface area contributed by atoms with E-state index >= 15 is 0 Å². The lowest BCUT2D eigenvalue weighted by molar-refractivity contribution is -0.143. The van der Waals surface area contributed by atoms with Crippen molar-refractivity contribution >= 4 is 11.9 Å². The highest BCUT2D eigenvalue weighted by Crippen LogP contribution is 2.10. The molecular formula is C12H24N2O3. The van der Waals surface area contributed by atoms with E-state index in [-0.39, 0.29) is 17.7 Å². The fourth-order valence-corrected chi connectivity index (χ4v) is 1.44. The Bertz CT molecular complexity index is 268. The number of carbonyl (C=O) groups is 2. The van der Waals surface area contributed by atoms with Crippen LogP contribution in [0.3, 0.4) is 0 Å². The molecule has 0 saturated carbocycles. The van der Waals surface area contributed by atoms with Crippen molar-refractivity contribution in [3.63, 3.8) is 0 Å². The zero-order valence-corrected chi connectivity index (χ0v) is 11.1. The Balaban J connectivity index is 4.56. The summed E-state index contributed by atoms with van der Waals surface area (Å²) in [5, 5.41) is 11.6. The summed E-state index contributed by atoms with van der Waals surface area (Å²) in [7, 11) is 0. The molecule has 0 unspecified atom stereocenters. The van der Waals surface area contributed by atoms with Crippen LogP contribution >= 0.6 is 0 Å². The first-order valence-electron chi connectivity index (χ1n) is 6.13. The Morgan fingerprint density at radius 1 is 1.18 bits per heavy atom. The van der Waals surface area contributed by atoms with Gasteiger partial charge in [-0.15, -0.1) is 0 Å². The molecule has 1 amide bonds. The van der Waals surface area contributed by atoms with E-state index in [1.807, 2.05) is 20.8 Å². The summed E-state index contributed by atoms with van der Waals surface area (Å²) in [5.74, 6) is -1.46. The van der Waals surface area contributed by atoms with Crippen LogP contribution in [0.5, 0.6) is 0 Å².